The first-order chi connectivity index (χ1) is 9.35. The Labute approximate surface area is 121 Å². The third-order valence-electron chi connectivity index (χ3n) is 3.63. The minimum atomic E-state index is -0.268. The molecule has 0 spiro atoms. The van der Waals surface area contributed by atoms with Gasteiger partial charge in [-0.2, -0.15) is 0 Å². The molecule has 0 fully saturated rings. The highest BCUT2D eigenvalue weighted by molar-refractivity contribution is 5.75. The number of benzene rings is 1. The minimum Gasteiger partial charge on any atom is -0.341 e. The number of hydrogen-bond acceptors (Lipinski definition) is 2. The summed E-state index contributed by atoms with van der Waals surface area (Å²) in [5.41, 5.74) is 6.18. The molecule has 1 amide bonds. The zero-order chi connectivity index (χ0) is 15.2. The van der Waals surface area contributed by atoms with Crippen molar-refractivity contribution in [2.45, 2.75) is 39.7 Å². The Balaban J connectivity index is 2.50. The maximum absolute atomic E-state index is 13.5. The van der Waals surface area contributed by atoms with Crippen LogP contribution in [0, 0.1) is 11.2 Å². The molecule has 1 aromatic carbocycles. The maximum atomic E-state index is 13.5. The van der Waals surface area contributed by atoms with E-state index >= 15 is 0 Å². The van der Waals surface area contributed by atoms with Gasteiger partial charge in [0.1, 0.15) is 5.82 Å². The van der Waals surface area contributed by atoms with Crippen LogP contribution in [0.15, 0.2) is 24.3 Å². The van der Waals surface area contributed by atoms with E-state index in [-0.39, 0.29) is 17.1 Å². The van der Waals surface area contributed by atoms with E-state index in [1.165, 1.54) is 6.07 Å². The fourth-order valence-electron chi connectivity index (χ4n) is 2.12. The molecule has 0 bridgehead atoms. The van der Waals surface area contributed by atoms with Crippen molar-refractivity contribution in [1.82, 2.24) is 4.90 Å². The van der Waals surface area contributed by atoms with Crippen LogP contribution >= 0.6 is 0 Å². The highest BCUT2D eigenvalue weighted by atomic mass is 19.1. The van der Waals surface area contributed by atoms with E-state index in [1.807, 2.05) is 0 Å². The number of hydrogen-bond donors (Lipinski definition) is 1. The largest absolute Gasteiger partial charge is 0.341 e. The van der Waals surface area contributed by atoms with Crippen LogP contribution in [0.5, 0.6) is 0 Å². The smallest absolute Gasteiger partial charge is 0.222 e. The molecule has 20 heavy (non-hydrogen) atoms. The zero-order valence-electron chi connectivity index (χ0n) is 12.7. The number of nitrogens with zero attached hydrogens (tertiary/aromatic N) is 1. The monoisotopic (exact) mass is 280 g/mol. The van der Waals surface area contributed by atoms with Gasteiger partial charge in [-0.1, -0.05) is 32.0 Å². The second-order valence-corrected chi connectivity index (χ2v) is 6.04. The molecule has 2 N–H and O–H groups in total. The van der Waals surface area contributed by atoms with Crippen LogP contribution in [-0.4, -0.2) is 24.4 Å². The summed E-state index contributed by atoms with van der Waals surface area (Å²) in [5.74, 6) is -0.228. The van der Waals surface area contributed by atoms with Crippen molar-refractivity contribution >= 4 is 5.91 Å². The Bertz CT molecular complexity index is 446. The summed E-state index contributed by atoms with van der Waals surface area (Å²) in [6.07, 6.45) is 2.17. The van der Waals surface area contributed by atoms with Crippen molar-refractivity contribution in [3.05, 3.63) is 35.6 Å². The topological polar surface area (TPSA) is 46.3 Å². The van der Waals surface area contributed by atoms with Crippen LogP contribution in [0.2, 0.25) is 0 Å². The molecule has 1 aromatic rings. The summed E-state index contributed by atoms with van der Waals surface area (Å²) in [6, 6.07) is 6.55. The van der Waals surface area contributed by atoms with Crippen molar-refractivity contribution in [2.24, 2.45) is 11.1 Å². The number of amides is 1. The predicted octanol–water partition coefficient (Wildman–Crippen LogP) is 2.94. The van der Waals surface area contributed by atoms with Gasteiger partial charge >= 0.3 is 0 Å². The van der Waals surface area contributed by atoms with Crippen LogP contribution in [0.1, 0.15) is 38.7 Å². The lowest BCUT2D eigenvalue weighted by Gasteiger charge is -2.25. The summed E-state index contributed by atoms with van der Waals surface area (Å²) < 4.78 is 13.5. The fraction of sp³-hybridized carbons (Fsp3) is 0.562. The molecule has 3 nitrogen and oxygen atoms in total. The zero-order valence-corrected chi connectivity index (χ0v) is 12.7. The van der Waals surface area contributed by atoms with Crippen molar-refractivity contribution in [1.29, 1.82) is 0 Å². The van der Waals surface area contributed by atoms with E-state index in [0.29, 0.717) is 25.1 Å². The molecule has 112 valence electrons. The standard InChI is InChI=1S/C16H25FN2O/c1-16(2,10-11-18)9-8-15(20)19(3)12-13-6-4-5-7-14(13)17/h4-7H,8-12,18H2,1-3H3. The Morgan fingerprint density at radius 2 is 1.95 bits per heavy atom. The lowest BCUT2D eigenvalue weighted by Crippen LogP contribution is -2.28. The highest BCUT2D eigenvalue weighted by Gasteiger charge is 2.20. The van der Waals surface area contributed by atoms with Gasteiger partial charge in [0.15, 0.2) is 0 Å². The average Bonchev–Trinajstić information content (AvgIpc) is 2.38. The van der Waals surface area contributed by atoms with E-state index in [0.717, 1.165) is 12.8 Å². The average molecular weight is 280 g/mol. The van der Waals surface area contributed by atoms with Crippen molar-refractivity contribution in [2.75, 3.05) is 13.6 Å². The van der Waals surface area contributed by atoms with Crippen molar-refractivity contribution in [3.63, 3.8) is 0 Å². The SMILES string of the molecule is CN(Cc1ccccc1F)C(=O)CCC(C)(C)CCN. The van der Waals surface area contributed by atoms with Gasteiger partial charge in [-0.15, -0.1) is 0 Å². The summed E-state index contributed by atoms with van der Waals surface area (Å²) in [7, 11) is 1.71. The first-order valence-electron chi connectivity index (χ1n) is 7.03. The molecule has 0 aliphatic carbocycles. The number of nitrogens with two attached hydrogens (primary N) is 1. The molecule has 0 unspecified atom stereocenters. The van der Waals surface area contributed by atoms with Gasteiger partial charge in [-0.05, 0) is 30.9 Å². The summed E-state index contributed by atoms with van der Waals surface area (Å²) >= 11 is 0. The molecule has 0 saturated heterocycles. The van der Waals surface area contributed by atoms with Gasteiger partial charge < -0.3 is 10.6 Å². The molecule has 1 rings (SSSR count). The molecular formula is C16H25FN2O. The predicted molar refractivity (Wildman–Crippen MR) is 79.6 cm³/mol. The third kappa shape index (κ3) is 5.29. The number of carbonyl (C=O) groups is 1. The number of carbonyl (C=O) groups excluding carboxylic acids is 1. The van der Waals surface area contributed by atoms with Crippen LogP contribution < -0.4 is 5.73 Å². The van der Waals surface area contributed by atoms with E-state index < -0.39 is 0 Å². The van der Waals surface area contributed by atoms with E-state index in [2.05, 4.69) is 13.8 Å². The molecule has 0 aliphatic heterocycles. The molecular weight excluding hydrogens is 255 g/mol. The van der Waals surface area contributed by atoms with Crippen LogP contribution in [0.4, 0.5) is 4.39 Å². The van der Waals surface area contributed by atoms with Crippen molar-refractivity contribution < 1.29 is 9.18 Å². The van der Waals surface area contributed by atoms with Gasteiger partial charge in [-0.3, -0.25) is 4.79 Å². The summed E-state index contributed by atoms with van der Waals surface area (Å²) in [5, 5.41) is 0. The fourth-order valence-corrected chi connectivity index (χ4v) is 2.12. The second kappa shape index (κ2) is 7.39. The molecule has 0 aliphatic rings. The quantitative estimate of drug-likeness (QED) is 0.834. The van der Waals surface area contributed by atoms with E-state index in [1.54, 1.807) is 30.1 Å². The summed E-state index contributed by atoms with van der Waals surface area (Å²) in [4.78, 5) is 13.7. The lowest BCUT2D eigenvalue weighted by molar-refractivity contribution is -0.131. The van der Waals surface area contributed by atoms with Crippen LogP contribution in [-0.2, 0) is 11.3 Å². The van der Waals surface area contributed by atoms with Crippen LogP contribution in [0.3, 0.4) is 0 Å². The van der Waals surface area contributed by atoms with Gasteiger partial charge in [0.2, 0.25) is 5.91 Å². The Hall–Kier alpha value is -1.42. The van der Waals surface area contributed by atoms with Gasteiger partial charge in [0.05, 0.1) is 0 Å². The van der Waals surface area contributed by atoms with Crippen LogP contribution in [0.25, 0.3) is 0 Å². The van der Waals surface area contributed by atoms with Gasteiger partial charge in [-0.25, -0.2) is 4.39 Å². The Kier molecular flexibility index (Phi) is 6.14. The molecule has 0 atom stereocenters. The number of halogens is 1. The third-order valence-corrected chi connectivity index (χ3v) is 3.63. The molecule has 0 saturated carbocycles. The van der Waals surface area contributed by atoms with E-state index in [9.17, 15) is 9.18 Å². The highest BCUT2D eigenvalue weighted by Crippen LogP contribution is 2.26. The first-order valence-corrected chi connectivity index (χ1v) is 7.03. The molecule has 0 aromatic heterocycles. The Morgan fingerprint density at radius 3 is 2.55 bits per heavy atom. The normalized spacial score (nSPS) is 11.4. The maximum Gasteiger partial charge on any atom is 0.222 e. The lowest BCUT2D eigenvalue weighted by atomic mass is 9.84. The number of rotatable bonds is 7. The second-order valence-electron chi connectivity index (χ2n) is 6.04. The first kappa shape index (κ1) is 16.6. The summed E-state index contributed by atoms with van der Waals surface area (Å²) in [6.45, 7) is 5.17. The van der Waals surface area contributed by atoms with E-state index in [4.69, 9.17) is 5.73 Å². The molecule has 0 heterocycles. The van der Waals surface area contributed by atoms with Gasteiger partial charge in [0.25, 0.3) is 0 Å². The Morgan fingerprint density at radius 1 is 1.30 bits per heavy atom. The molecule has 0 radical (unpaired) electrons. The van der Waals surface area contributed by atoms with Crippen molar-refractivity contribution in [3.8, 4) is 0 Å². The van der Waals surface area contributed by atoms with Gasteiger partial charge in [0, 0.05) is 25.6 Å². The minimum absolute atomic E-state index is 0.0401. The molecule has 4 heteroatoms.